The highest BCUT2D eigenvalue weighted by molar-refractivity contribution is 5.80. The molecule has 1 atom stereocenters. The third-order valence-corrected chi connectivity index (χ3v) is 6.15. The summed E-state index contributed by atoms with van der Waals surface area (Å²) in [6.45, 7) is 6.53. The van der Waals surface area contributed by atoms with Gasteiger partial charge in [-0.15, -0.1) is 0 Å². The largest absolute Gasteiger partial charge is 0.416 e. The number of aliphatic imine (C=N–C) groups is 1. The summed E-state index contributed by atoms with van der Waals surface area (Å²) in [5, 5.41) is 6.37. The minimum absolute atomic E-state index is 0.251. The Hall–Kier alpha value is -2.29. The van der Waals surface area contributed by atoms with Crippen LogP contribution in [-0.2, 0) is 11.0 Å². The van der Waals surface area contributed by atoms with Crippen molar-refractivity contribution in [3.63, 3.8) is 0 Å². The van der Waals surface area contributed by atoms with E-state index >= 15 is 0 Å². The second kappa shape index (κ2) is 10.3. The van der Waals surface area contributed by atoms with Gasteiger partial charge in [-0.3, -0.25) is 14.7 Å². The molecule has 3 rings (SSSR count). The zero-order chi connectivity index (χ0) is 22.4. The lowest BCUT2D eigenvalue weighted by atomic mass is 9.84. The fraction of sp³-hybridized carbons (Fsp3) is 0.636. The fourth-order valence-corrected chi connectivity index (χ4v) is 3.91. The monoisotopic (exact) mass is 439 g/mol. The molecule has 1 aromatic rings. The summed E-state index contributed by atoms with van der Waals surface area (Å²) < 4.78 is 38.8. The van der Waals surface area contributed by atoms with Crippen LogP contribution in [0.3, 0.4) is 0 Å². The summed E-state index contributed by atoms with van der Waals surface area (Å²) in [6, 6.07) is 5.00. The van der Waals surface area contributed by atoms with Crippen molar-refractivity contribution < 1.29 is 18.0 Å². The van der Waals surface area contributed by atoms with Crippen molar-refractivity contribution in [2.45, 2.75) is 38.4 Å². The molecule has 2 fully saturated rings. The molecule has 1 saturated carbocycles. The Bertz CT molecular complexity index is 771. The first kappa shape index (κ1) is 23.4. The number of nitrogens with zero attached hydrogens (tertiary/aromatic N) is 3. The highest BCUT2D eigenvalue weighted by Crippen LogP contribution is 2.31. The predicted molar refractivity (Wildman–Crippen MR) is 115 cm³/mol. The molecule has 172 valence electrons. The molecule has 1 aliphatic carbocycles. The molecule has 9 heteroatoms. The molecule has 31 heavy (non-hydrogen) atoms. The number of hydrogen-bond donors (Lipinski definition) is 2. The van der Waals surface area contributed by atoms with Crippen LogP contribution in [0.25, 0.3) is 0 Å². The van der Waals surface area contributed by atoms with Gasteiger partial charge in [-0.25, -0.2) is 0 Å². The lowest BCUT2D eigenvalue weighted by Gasteiger charge is -2.38. The normalized spacial score (nSPS) is 19.6. The summed E-state index contributed by atoms with van der Waals surface area (Å²) >= 11 is 0. The summed E-state index contributed by atoms with van der Waals surface area (Å²) in [6.07, 6.45) is -1.12. The van der Waals surface area contributed by atoms with Crippen LogP contribution in [0.4, 0.5) is 13.2 Å². The summed E-state index contributed by atoms with van der Waals surface area (Å²) in [5.41, 5.74) is -0.110. The number of carbonyl (C=O) groups excluding carboxylic acids is 1. The van der Waals surface area contributed by atoms with Crippen molar-refractivity contribution in [1.29, 1.82) is 0 Å². The van der Waals surface area contributed by atoms with E-state index in [9.17, 15) is 18.0 Å². The molecule has 6 nitrogen and oxygen atoms in total. The van der Waals surface area contributed by atoms with Gasteiger partial charge in [0.2, 0.25) is 5.91 Å². The summed E-state index contributed by atoms with van der Waals surface area (Å²) in [4.78, 5) is 20.8. The van der Waals surface area contributed by atoms with Crippen LogP contribution >= 0.6 is 0 Å². The molecule has 1 unspecified atom stereocenters. The SMILES string of the molecule is CN=C(NCCN1CCN(C(=O)C2CCC2)CC1)NC(C)c1cccc(C(F)(F)F)c1. The van der Waals surface area contributed by atoms with Crippen LogP contribution < -0.4 is 10.6 Å². The first-order valence-corrected chi connectivity index (χ1v) is 10.9. The molecule has 0 bridgehead atoms. The minimum Gasteiger partial charge on any atom is -0.355 e. The minimum atomic E-state index is -4.36. The average Bonchev–Trinajstić information content (AvgIpc) is 2.71. The maximum absolute atomic E-state index is 12.9. The fourth-order valence-electron chi connectivity index (χ4n) is 3.91. The molecule has 1 amide bonds. The van der Waals surface area contributed by atoms with Gasteiger partial charge in [-0.05, 0) is 37.5 Å². The van der Waals surface area contributed by atoms with E-state index in [4.69, 9.17) is 0 Å². The molecule has 1 aromatic carbocycles. The molecule has 0 radical (unpaired) electrons. The number of halogens is 3. The number of alkyl halides is 3. The summed E-state index contributed by atoms with van der Waals surface area (Å²) in [5.74, 6) is 1.11. The van der Waals surface area contributed by atoms with Crippen LogP contribution in [-0.4, -0.2) is 68.0 Å². The smallest absolute Gasteiger partial charge is 0.355 e. The number of piperazine rings is 1. The van der Waals surface area contributed by atoms with Crippen molar-refractivity contribution in [2.75, 3.05) is 46.3 Å². The molecule has 1 heterocycles. The van der Waals surface area contributed by atoms with E-state index in [0.29, 0.717) is 24.0 Å². The van der Waals surface area contributed by atoms with E-state index in [-0.39, 0.29) is 12.0 Å². The number of nitrogens with one attached hydrogen (secondary N) is 2. The van der Waals surface area contributed by atoms with Crippen molar-refractivity contribution in [2.24, 2.45) is 10.9 Å². The Balaban J connectivity index is 1.40. The van der Waals surface area contributed by atoms with Crippen molar-refractivity contribution in [1.82, 2.24) is 20.4 Å². The first-order valence-electron chi connectivity index (χ1n) is 10.9. The number of benzene rings is 1. The molecular formula is C22H32F3N5O. The number of carbonyl (C=O) groups is 1. The molecule has 1 aliphatic heterocycles. The van der Waals surface area contributed by atoms with Crippen LogP contribution in [0.1, 0.15) is 43.4 Å². The lowest BCUT2D eigenvalue weighted by Crippen LogP contribution is -2.52. The van der Waals surface area contributed by atoms with E-state index in [1.807, 2.05) is 4.90 Å². The Morgan fingerprint density at radius 3 is 2.52 bits per heavy atom. The molecular weight excluding hydrogens is 407 g/mol. The zero-order valence-corrected chi connectivity index (χ0v) is 18.2. The van der Waals surface area contributed by atoms with E-state index in [2.05, 4.69) is 20.5 Å². The maximum atomic E-state index is 12.9. The Morgan fingerprint density at radius 2 is 1.94 bits per heavy atom. The highest BCUT2D eigenvalue weighted by atomic mass is 19.4. The van der Waals surface area contributed by atoms with Gasteiger partial charge in [0.1, 0.15) is 0 Å². The molecule has 2 aliphatic rings. The van der Waals surface area contributed by atoms with Gasteiger partial charge in [-0.2, -0.15) is 13.2 Å². The molecule has 2 N–H and O–H groups in total. The molecule has 1 saturated heterocycles. The van der Waals surface area contributed by atoms with Crippen LogP contribution in [0.5, 0.6) is 0 Å². The second-order valence-electron chi connectivity index (χ2n) is 8.28. The Morgan fingerprint density at radius 1 is 1.23 bits per heavy atom. The topological polar surface area (TPSA) is 60.0 Å². The van der Waals surface area contributed by atoms with E-state index in [1.165, 1.54) is 12.5 Å². The maximum Gasteiger partial charge on any atom is 0.416 e. The van der Waals surface area contributed by atoms with E-state index < -0.39 is 11.7 Å². The van der Waals surface area contributed by atoms with Gasteiger partial charge < -0.3 is 15.5 Å². The first-order chi connectivity index (χ1) is 14.8. The number of amides is 1. The molecule has 0 spiro atoms. The van der Waals surface area contributed by atoms with Gasteiger partial charge in [0, 0.05) is 52.2 Å². The average molecular weight is 440 g/mol. The highest BCUT2D eigenvalue weighted by Gasteiger charge is 2.31. The Kier molecular flexibility index (Phi) is 7.80. The Labute approximate surface area is 181 Å². The summed E-state index contributed by atoms with van der Waals surface area (Å²) in [7, 11) is 1.64. The predicted octanol–water partition coefficient (Wildman–Crippen LogP) is 2.88. The van der Waals surface area contributed by atoms with Crippen LogP contribution in [0.15, 0.2) is 29.3 Å². The third-order valence-electron chi connectivity index (χ3n) is 6.15. The number of guanidine groups is 1. The van der Waals surface area contributed by atoms with Gasteiger partial charge in [0.05, 0.1) is 11.6 Å². The lowest BCUT2D eigenvalue weighted by molar-refractivity contribution is -0.140. The van der Waals surface area contributed by atoms with E-state index in [0.717, 1.165) is 57.7 Å². The van der Waals surface area contributed by atoms with Gasteiger partial charge in [-0.1, -0.05) is 18.6 Å². The van der Waals surface area contributed by atoms with Crippen molar-refractivity contribution >= 4 is 11.9 Å². The standard InChI is InChI=1S/C22H32F3N5O/c1-16(18-7-4-8-19(15-18)22(23,24)25)28-21(26-2)27-9-10-29-11-13-30(14-12-29)20(31)17-5-3-6-17/h4,7-8,15-17H,3,5-6,9-14H2,1-2H3,(H2,26,27,28). The van der Waals surface area contributed by atoms with Crippen molar-refractivity contribution in [3.05, 3.63) is 35.4 Å². The second-order valence-corrected chi connectivity index (χ2v) is 8.28. The van der Waals surface area contributed by atoms with Gasteiger partial charge in [0.15, 0.2) is 5.96 Å². The van der Waals surface area contributed by atoms with Crippen LogP contribution in [0.2, 0.25) is 0 Å². The van der Waals surface area contributed by atoms with Gasteiger partial charge in [0.25, 0.3) is 0 Å². The zero-order valence-electron chi connectivity index (χ0n) is 18.2. The number of hydrogen-bond acceptors (Lipinski definition) is 3. The molecule has 0 aromatic heterocycles. The number of rotatable bonds is 6. The quantitative estimate of drug-likeness (QED) is 0.529. The van der Waals surface area contributed by atoms with Crippen molar-refractivity contribution in [3.8, 4) is 0 Å². The van der Waals surface area contributed by atoms with Gasteiger partial charge >= 0.3 is 6.18 Å². The van der Waals surface area contributed by atoms with E-state index in [1.54, 1.807) is 20.0 Å². The van der Waals surface area contributed by atoms with Crippen LogP contribution in [0, 0.1) is 5.92 Å². The third kappa shape index (κ3) is 6.35.